The van der Waals surface area contributed by atoms with Gasteiger partial charge in [-0.05, 0) is 48.0 Å². The zero-order valence-electron chi connectivity index (χ0n) is 19.5. The van der Waals surface area contributed by atoms with Crippen LogP contribution in [0.1, 0.15) is 15.9 Å². The Balaban J connectivity index is 1.26. The number of sulfonamides is 1. The van der Waals surface area contributed by atoms with Gasteiger partial charge in [0.25, 0.3) is 11.8 Å². The number of rotatable bonds is 8. The highest BCUT2D eigenvalue weighted by molar-refractivity contribution is 7.89. The number of halogens is 1. The molecule has 0 spiro atoms. The summed E-state index contributed by atoms with van der Waals surface area (Å²) in [6, 6.07) is 22.2. The maximum absolute atomic E-state index is 12.8. The number of hydrogen-bond acceptors (Lipinski definition) is 5. The first kappa shape index (κ1) is 25.7. The summed E-state index contributed by atoms with van der Waals surface area (Å²) in [6.45, 7) is 1.09. The summed E-state index contributed by atoms with van der Waals surface area (Å²) < 4.78 is 32.6. The second-order valence-electron chi connectivity index (χ2n) is 8.22. The average Bonchev–Trinajstić information content (AvgIpc) is 2.91. The highest BCUT2D eigenvalue weighted by atomic mass is 35.5. The normalized spacial score (nSPS) is 14.3. The van der Waals surface area contributed by atoms with Gasteiger partial charge in [0.05, 0.1) is 4.90 Å². The van der Waals surface area contributed by atoms with E-state index < -0.39 is 10.0 Å². The molecule has 36 heavy (non-hydrogen) atoms. The number of nitrogens with one attached hydrogen (secondary N) is 1. The van der Waals surface area contributed by atoms with Crippen molar-refractivity contribution in [2.75, 3.05) is 32.8 Å². The quantitative estimate of drug-likeness (QED) is 0.485. The number of ether oxygens (including phenoxy) is 1. The highest BCUT2D eigenvalue weighted by Crippen LogP contribution is 2.20. The Hall–Kier alpha value is -3.40. The predicted octanol–water partition coefficient (Wildman–Crippen LogP) is 3.18. The molecule has 0 bridgehead atoms. The Labute approximate surface area is 215 Å². The van der Waals surface area contributed by atoms with E-state index in [1.165, 1.54) is 28.6 Å². The van der Waals surface area contributed by atoms with Crippen LogP contribution >= 0.6 is 11.6 Å². The average molecular weight is 528 g/mol. The second kappa shape index (κ2) is 11.6. The van der Waals surface area contributed by atoms with Gasteiger partial charge < -0.3 is 15.0 Å². The minimum Gasteiger partial charge on any atom is -0.484 e. The number of nitrogens with zero attached hydrogens (tertiary/aromatic N) is 2. The summed E-state index contributed by atoms with van der Waals surface area (Å²) in [7, 11) is -3.65. The van der Waals surface area contributed by atoms with Gasteiger partial charge in [-0.1, -0.05) is 48.0 Å². The molecule has 1 aliphatic heterocycles. The van der Waals surface area contributed by atoms with E-state index in [2.05, 4.69) is 5.32 Å². The van der Waals surface area contributed by atoms with Gasteiger partial charge in [-0.2, -0.15) is 4.31 Å². The summed E-state index contributed by atoms with van der Waals surface area (Å²) in [4.78, 5) is 26.9. The third kappa shape index (κ3) is 6.42. The van der Waals surface area contributed by atoms with Gasteiger partial charge in [-0.25, -0.2) is 8.42 Å². The van der Waals surface area contributed by atoms with Crippen molar-refractivity contribution in [3.05, 3.63) is 95.0 Å². The molecule has 4 rings (SSSR count). The second-order valence-corrected chi connectivity index (χ2v) is 10.6. The van der Waals surface area contributed by atoms with Crippen molar-refractivity contribution in [1.82, 2.24) is 14.5 Å². The van der Waals surface area contributed by atoms with E-state index in [9.17, 15) is 18.0 Å². The van der Waals surface area contributed by atoms with Crippen LogP contribution in [0.4, 0.5) is 0 Å². The fourth-order valence-electron chi connectivity index (χ4n) is 3.78. The Morgan fingerprint density at radius 1 is 0.889 bits per heavy atom. The number of hydrogen-bond donors (Lipinski definition) is 1. The molecular formula is C26H26ClN3O5S. The Kier molecular flexibility index (Phi) is 8.25. The van der Waals surface area contributed by atoms with E-state index in [-0.39, 0.29) is 49.5 Å². The van der Waals surface area contributed by atoms with Crippen molar-refractivity contribution in [2.24, 2.45) is 0 Å². The molecule has 8 nitrogen and oxygen atoms in total. The lowest BCUT2D eigenvalue weighted by Gasteiger charge is -2.34. The molecule has 0 aliphatic carbocycles. The third-order valence-corrected chi connectivity index (χ3v) is 7.96. The number of benzene rings is 3. The summed E-state index contributed by atoms with van der Waals surface area (Å²) in [5.74, 6) is -0.0919. The molecule has 1 heterocycles. The third-order valence-electron chi connectivity index (χ3n) is 5.80. The fraction of sp³-hybridized carbons (Fsp3) is 0.231. The van der Waals surface area contributed by atoms with Gasteiger partial charge in [0, 0.05) is 43.3 Å². The molecule has 0 aromatic heterocycles. The van der Waals surface area contributed by atoms with E-state index in [4.69, 9.17) is 16.3 Å². The molecule has 1 saturated heterocycles. The van der Waals surface area contributed by atoms with E-state index in [0.717, 1.165) is 5.56 Å². The first-order chi connectivity index (χ1) is 17.3. The van der Waals surface area contributed by atoms with Gasteiger partial charge in [-0.3, -0.25) is 9.59 Å². The smallest absolute Gasteiger partial charge is 0.260 e. The van der Waals surface area contributed by atoms with Crippen LogP contribution in [0.25, 0.3) is 0 Å². The van der Waals surface area contributed by atoms with Crippen molar-refractivity contribution in [2.45, 2.75) is 11.4 Å². The minimum absolute atomic E-state index is 0.169. The maximum atomic E-state index is 12.8. The highest BCUT2D eigenvalue weighted by Gasteiger charge is 2.30. The molecule has 3 aromatic carbocycles. The van der Waals surface area contributed by atoms with Gasteiger partial charge >= 0.3 is 0 Å². The van der Waals surface area contributed by atoms with E-state index in [1.807, 2.05) is 30.3 Å². The lowest BCUT2D eigenvalue weighted by atomic mass is 10.2. The molecule has 2 amide bonds. The van der Waals surface area contributed by atoms with Gasteiger partial charge in [-0.15, -0.1) is 0 Å². The van der Waals surface area contributed by atoms with Gasteiger partial charge in [0.2, 0.25) is 10.0 Å². The zero-order valence-corrected chi connectivity index (χ0v) is 21.0. The minimum atomic E-state index is -3.65. The van der Waals surface area contributed by atoms with Crippen molar-refractivity contribution in [1.29, 1.82) is 0 Å². The molecule has 0 atom stereocenters. The lowest BCUT2D eigenvalue weighted by Crippen LogP contribution is -2.51. The van der Waals surface area contributed by atoms with Crippen LogP contribution in [-0.4, -0.2) is 62.2 Å². The fourth-order valence-corrected chi connectivity index (χ4v) is 5.33. The molecule has 0 unspecified atom stereocenters. The van der Waals surface area contributed by atoms with Crippen LogP contribution in [0, 0.1) is 0 Å². The van der Waals surface area contributed by atoms with Crippen molar-refractivity contribution >= 4 is 33.4 Å². The van der Waals surface area contributed by atoms with Crippen LogP contribution in [0.3, 0.4) is 0 Å². The Bertz CT molecular complexity index is 1310. The molecule has 1 aliphatic rings. The van der Waals surface area contributed by atoms with E-state index in [1.54, 1.807) is 29.2 Å². The van der Waals surface area contributed by atoms with Gasteiger partial charge in [0.15, 0.2) is 6.61 Å². The van der Waals surface area contributed by atoms with Gasteiger partial charge in [0.1, 0.15) is 5.75 Å². The SMILES string of the molecule is O=C(NCc1ccccc1)c1cccc(OCC(=O)N2CCN(S(=O)(=O)c3ccc(Cl)cc3)CC2)c1. The Morgan fingerprint density at radius 3 is 2.28 bits per heavy atom. The molecule has 10 heteroatoms. The van der Waals surface area contributed by atoms with Crippen LogP contribution in [-0.2, 0) is 21.4 Å². The van der Waals surface area contributed by atoms with Crippen molar-refractivity contribution in [3.8, 4) is 5.75 Å². The zero-order chi connectivity index (χ0) is 25.5. The number of carbonyl (C=O) groups excluding carboxylic acids is 2. The topological polar surface area (TPSA) is 96.0 Å². The van der Waals surface area contributed by atoms with E-state index >= 15 is 0 Å². The molecule has 0 radical (unpaired) electrons. The molecular weight excluding hydrogens is 502 g/mol. The summed E-state index contributed by atoms with van der Waals surface area (Å²) >= 11 is 5.85. The Morgan fingerprint density at radius 2 is 1.58 bits per heavy atom. The molecule has 1 fully saturated rings. The lowest BCUT2D eigenvalue weighted by molar-refractivity contribution is -0.134. The summed E-state index contributed by atoms with van der Waals surface area (Å²) in [5, 5.41) is 3.32. The summed E-state index contributed by atoms with van der Waals surface area (Å²) in [5.41, 5.74) is 1.42. The largest absolute Gasteiger partial charge is 0.484 e. The number of carbonyl (C=O) groups is 2. The molecule has 1 N–H and O–H groups in total. The van der Waals surface area contributed by atoms with Crippen LogP contribution in [0.5, 0.6) is 5.75 Å². The molecule has 0 saturated carbocycles. The van der Waals surface area contributed by atoms with Crippen molar-refractivity contribution in [3.63, 3.8) is 0 Å². The first-order valence-electron chi connectivity index (χ1n) is 11.4. The monoisotopic (exact) mass is 527 g/mol. The van der Waals surface area contributed by atoms with Crippen molar-refractivity contribution < 1.29 is 22.7 Å². The van der Waals surface area contributed by atoms with Crippen LogP contribution < -0.4 is 10.1 Å². The van der Waals surface area contributed by atoms with Crippen LogP contribution in [0.15, 0.2) is 83.8 Å². The first-order valence-corrected chi connectivity index (χ1v) is 13.2. The summed E-state index contributed by atoms with van der Waals surface area (Å²) in [6.07, 6.45) is 0. The standard InChI is InChI=1S/C26H26ClN3O5S/c27-22-9-11-24(12-10-22)36(33,34)30-15-13-29(14-16-30)25(31)19-35-23-8-4-7-21(17-23)26(32)28-18-20-5-2-1-3-6-20/h1-12,17H,13-16,18-19H2,(H,28,32). The molecule has 3 aromatic rings. The maximum Gasteiger partial charge on any atom is 0.260 e. The van der Waals surface area contributed by atoms with E-state index in [0.29, 0.717) is 22.9 Å². The number of piperazine rings is 1. The predicted molar refractivity (Wildman–Crippen MR) is 136 cm³/mol. The van der Waals surface area contributed by atoms with Crippen LogP contribution in [0.2, 0.25) is 5.02 Å². The molecule has 188 valence electrons. The number of amides is 2.